The van der Waals surface area contributed by atoms with Crippen LogP contribution in [-0.4, -0.2) is 45.3 Å². The molecular formula is C27H38FNO4. The zero-order chi connectivity index (χ0) is 23.8. The lowest BCUT2D eigenvalue weighted by Gasteiger charge is -2.62. The van der Waals surface area contributed by atoms with Gasteiger partial charge in [0.15, 0.2) is 17.1 Å². The molecule has 1 amide bonds. The largest absolute Gasteiger partial charge is 0.390 e. The second kappa shape index (κ2) is 7.48. The molecule has 0 aromatic heterocycles. The molecule has 182 valence electrons. The number of halogens is 1. The lowest BCUT2D eigenvalue weighted by Crippen LogP contribution is -2.70. The summed E-state index contributed by atoms with van der Waals surface area (Å²) in [5.41, 5.74) is -4.82. The summed E-state index contributed by atoms with van der Waals surface area (Å²) in [4.78, 5) is 25.6. The Bertz CT molecular complexity index is 925. The molecule has 4 saturated carbocycles. The summed E-state index contributed by atoms with van der Waals surface area (Å²) in [5.74, 6) is -1.55. The van der Waals surface area contributed by atoms with Crippen LogP contribution >= 0.6 is 0 Å². The summed E-state index contributed by atoms with van der Waals surface area (Å²) in [7, 11) is 0. The van der Waals surface area contributed by atoms with Crippen LogP contribution in [0.15, 0.2) is 23.8 Å². The standard InChI is InChI=1S/C27H38FNO4/c1-16-13-21-20-10-9-17-14-19(30)11-12-24(17,2)26(20,28)22(31)15-25(21,3)27(16,33)23(32)29-18-7-5-4-6-8-18/h11-12,14,16,18,20-22,31,33H,4-10,13,15H2,1-3H3,(H,29,32). The SMILES string of the molecule is CC1CC2C3CCC4=CC(=O)C=CC4(C)C3(F)C(O)CC2(C)C1(O)C(=O)NC1CCCCC1. The topological polar surface area (TPSA) is 86.6 Å². The minimum Gasteiger partial charge on any atom is -0.390 e. The Morgan fingerprint density at radius 3 is 2.55 bits per heavy atom. The number of nitrogens with one attached hydrogen (secondary N) is 1. The Balaban J connectivity index is 1.50. The average molecular weight is 460 g/mol. The van der Waals surface area contributed by atoms with Gasteiger partial charge in [0.1, 0.15) is 0 Å². The second-order valence-corrected chi connectivity index (χ2v) is 12.0. The maximum absolute atomic E-state index is 17.2. The highest BCUT2D eigenvalue weighted by molar-refractivity contribution is 6.01. The van der Waals surface area contributed by atoms with Crippen molar-refractivity contribution < 1.29 is 24.2 Å². The molecule has 0 aromatic carbocycles. The summed E-state index contributed by atoms with van der Waals surface area (Å²) < 4.78 is 17.2. The van der Waals surface area contributed by atoms with Crippen molar-refractivity contribution in [3.05, 3.63) is 23.8 Å². The molecule has 0 radical (unpaired) electrons. The van der Waals surface area contributed by atoms with Gasteiger partial charge in [-0.05, 0) is 69.4 Å². The van der Waals surface area contributed by atoms with Crippen LogP contribution in [0.1, 0.15) is 78.6 Å². The number of fused-ring (bicyclic) bond motifs is 5. The summed E-state index contributed by atoms with van der Waals surface area (Å²) in [5, 5.41) is 26.5. The summed E-state index contributed by atoms with van der Waals surface area (Å²) in [6, 6.07) is 0.0742. The number of allylic oxidation sites excluding steroid dienone is 4. The second-order valence-electron chi connectivity index (χ2n) is 12.0. The Morgan fingerprint density at radius 1 is 1.15 bits per heavy atom. The Kier molecular flexibility index (Phi) is 5.27. The zero-order valence-electron chi connectivity index (χ0n) is 20.1. The normalized spacial score (nSPS) is 49.6. The Morgan fingerprint density at radius 2 is 1.85 bits per heavy atom. The maximum atomic E-state index is 17.2. The van der Waals surface area contributed by atoms with Crippen LogP contribution in [0.25, 0.3) is 0 Å². The maximum Gasteiger partial charge on any atom is 0.253 e. The molecule has 0 saturated heterocycles. The molecule has 0 spiro atoms. The lowest BCUT2D eigenvalue weighted by atomic mass is 9.44. The molecule has 5 aliphatic rings. The number of hydrogen-bond donors (Lipinski definition) is 3. The fourth-order valence-electron chi connectivity index (χ4n) is 8.57. The molecular weight excluding hydrogens is 421 g/mol. The van der Waals surface area contributed by atoms with Crippen molar-refractivity contribution in [1.82, 2.24) is 5.32 Å². The predicted molar refractivity (Wildman–Crippen MR) is 123 cm³/mol. The van der Waals surface area contributed by atoms with E-state index in [9.17, 15) is 19.8 Å². The number of hydrogen-bond acceptors (Lipinski definition) is 4. The number of ketones is 1. The van der Waals surface area contributed by atoms with Crippen LogP contribution < -0.4 is 5.32 Å². The molecule has 0 aromatic rings. The van der Waals surface area contributed by atoms with E-state index < -0.39 is 34.1 Å². The van der Waals surface area contributed by atoms with Gasteiger partial charge in [0, 0.05) is 22.8 Å². The molecule has 4 fully saturated rings. The number of alkyl halides is 1. The molecule has 5 aliphatic carbocycles. The van der Waals surface area contributed by atoms with Gasteiger partial charge in [-0.3, -0.25) is 9.59 Å². The minimum absolute atomic E-state index is 0.0221. The molecule has 5 rings (SSSR count). The quantitative estimate of drug-likeness (QED) is 0.587. The van der Waals surface area contributed by atoms with Crippen LogP contribution in [0.3, 0.4) is 0 Å². The van der Waals surface area contributed by atoms with E-state index in [2.05, 4.69) is 5.32 Å². The van der Waals surface area contributed by atoms with Gasteiger partial charge >= 0.3 is 0 Å². The first-order chi connectivity index (χ1) is 15.5. The van der Waals surface area contributed by atoms with Crippen molar-refractivity contribution in [3.63, 3.8) is 0 Å². The van der Waals surface area contributed by atoms with Gasteiger partial charge < -0.3 is 15.5 Å². The summed E-state index contributed by atoms with van der Waals surface area (Å²) in [6.07, 6.45) is 10.1. The first kappa shape index (κ1) is 23.2. The van der Waals surface area contributed by atoms with E-state index >= 15 is 4.39 Å². The van der Waals surface area contributed by atoms with Gasteiger partial charge in [-0.1, -0.05) is 44.8 Å². The third-order valence-electron chi connectivity index (χ3n) is 10.5. The predicted octanol–water partition coefficient (Wildman–Crippen LogP) is 3.78. The van der Waals surface area contributed by atoms with E-state index in [1.54, 1.807) is 13.0 Å². The number of carbonyl (C=O) groups excluding carboxylic acids is 2. The zero-order valence-corrected chi connectivity index (χ0v) is 20.1. The number of aliphatic hydroxyl groups is 2. The summed E-state index contributed by atoms with van der Waals surface area (Å²) >= 11 is 0. The molecule has 3 N–H and O–H groups in total. The van der Waals surface area contributed by atoms with Crippen molar-refractivity contribution in [2.24, 2.45) is 28.6 Å². The molecule has 0 heterocycles. The molecule has 6 heteroatoms. The highest BCUT2D eigenvalue weighted by Crippen LogP contribution is 2.70. The van der Waals surface area contributed by atoms with Crippen LogP contribution in [0, 0.1) is 28.6 Å². The van der Waals surface area contributed by atoms with Gasteiger partial charge in [-0.15, -0.1) is 0 Å². The third kappa shape index (κ3) is 2.89. The highest BCUT2D eigenvalue weighted by Gasteiger charge is 2.75. The van der Waals surface area contributed by atoms with E-state index in [1.807, 2.05) is 13.8 Å². The van der Waals surface area contributed by atoms with Gasteiger partial charge in [0.2, 0.25) is 0 Å². The minimum atomic E-state index is -1.94. The van der Waals surface area contributed by atoms with Crippen molar-refractivity contribution in [3.8, 4) is 0 Å². The first-order valence-electron chi connectivity index (χ1n) is 12.8. The molecule has 0 aliphatic heterocycles. The lowest BCUT2D eigenvalue weighted by molar-refractivity contribution is -0.219. The smallest absolute Gasteiger partial charge is 0.253 e. The van der Waals surface area contributed by atoms with E-state index in [4.69, 9.17) is 0 Å². The van der Waals surface area contributed by atoms with Crippen LogP contribution in [0.5, 0.6) is 0 Å². The molecule has 8 unspecified atom stereocenters. The Labute approximate surface area is 195 Å². The van der Waals surface area contributed by atoms with Crippen LogP contribution in [0.2, 0.25) is 0 Å². The monoisotopic (exact) mass is 459 g/mol. The van der Waals surface area contributed by atoms with Crippen molar-refractivity contribution in [2.45, 2.75) is 102 Å². The number of amides is 1. The summed E-state index contributed by atoms with van der Waals surface area (Å²) in [6.45, 7) is 5.57. The number of aliphatic hydroxyl groups excluding tert-OH is 1. The van der Waals surface area contributed by atoms with E-state index in [1.165, 1.54) is 18.6 Å². The molecule has 33 heavy (non-hydrogen) atoms. The molecule has 0 bridgehead atoms. The van der Waals surface area contributed by atoms with Crippen molar-refractivity contribution in [1.29, 1.82) is 0 Å². The van der Waals surface area contributed by atoms with Crippen LogP contribution in [0.4, 0.5) is 4.39 Å². The average Bonchev–Trinajstić information content (AvgIpc) is 2.97. The first-order valence-corrected chi connectivity index (χ1v) is 12.8. The van der Waals surface area contributed by atoms with Gasteiger partial charge in [-0.2, -0.15) is 0 Å². The Hall–Kier alpha value is -1.53. The highest BCUT2D eigenvalue weighted by atomic mass is 19.1. The van der Waals surface area contributed by atoms with Gasteiger partial charge in [0.05, 0.1) is 6.10 Å². The number of carbonyl (C=O) groups is 2. The van der Waals surface area contributed by atoms with Gasteiger partial charge in [-0.25, -0.2) is 4.39 Å². The van der Waals surface area contributed by atoms with E-state index in [0.29, 0.717) is 19.3 Å². The fourth-order valence-corrected chi connectivity index (χ4v) is 8.57. The fraction of sp³-hybridized carbons (Fsp3) is 0.778. The van der Waals surface area contributed by atoms with E-state index in [-0.39, 0.29) is 36.0 Å². The van der Waals surface area contributed by atoms with Crippen molar-refractivity contribution >= 4 is 11.7 Å². The molecule has 8 atom stereocenters. The van der Waals surface area contributed by atoms with Gasteiger partial charge in [0.25, 0.3) is 5.91 Å². The van der Waals surface area contributed by atoms with E-state index in [0.717, 1.165) is 31.3 Å². The van der Waals surface area contributed by atoms with Crippen molar-refractivity contribution in [2.75, 3.05) is 0 Å². The molecule has 5 nitrogen and oxygen atoms in total. The third-order valence-corrected chi connectivity index (χ3v) is 10.5. The van der Waals surface area contributed by atoms with Crippen LogP contribution in [-0.2, 0) is 9.59 Å². The number of rotatable bonds is 2.